The van der Waals surface area contributed by atoms with E-state index in [0.717, 1.165) is 0 Å². The second kappa shape index (κ2) is 19.6. The van der Waals surface area contributed by atoms with E-state index in [1.165, 1.54) is 0 Å². The Hall–Kier alpha value is -1.04. The third-order valence-corrected chi connectivity index (χ3v) is 10.3. The Labute approximate surface area is 316 Å². The molecule has 0 aromatic heterocycles. The fraction of sp³-hybridized carbons (Fsp3) is 1.00. The van der Waals surface area contributed by atoms with E-state index in [-0.39, 0.29) is 0 Å². The van der Waals surface area contributed by atoms with Gasteiger partial charge in [-0.15, -0.1) is 0 Å². The van der Waals surface area contributed by atoms with Crippen molar-refractivity contribution < 1.29 is 129 Å². The Morgan fingerprint density at radius 1 is 0.268 bits per heavy atom. The van der Waals surface area contributed by atoms with Crippen molar-refractivity contribution in [1.29, 1.82) is 0 Å². The van der Waals surface area contributed by atoms with Gasteiger partial charge in [0.15, 0.2) is 31.5 Å². The third kappa shape index (κ3) is 9.16. The minimum atomic E-state index is -2.12. The maximum Gasteiger partial charge on any atom is 0.187 e. The van der Waals surface area contributed by atoms with E-state index in [0.29, 0.717) is 0 Å². The summed E-state index contributed by atoms with van der Waals surface area (Å²) in [4.78, 5) is 0. The zero-order valence-electron chi connectivity index (χ0n) is 29.2. The molecular weight excluding hydrogens is 776 g/mol. The molecule has 5 heterocycles. The average Bonchev–Trinajstić information content (AvgIpc) is 3.19. The zero-order valence-corrected chi connectivity index (χ0v) is 29.2. The molecule has 25 atom stereocenters. The summed E-state index contributed by atoms with van der Waals surface area (Å²) in [6.45, 7) is -4.51. The smallest absolute Gasteiger partial charge is 0.187 e. The highest BCUT2D eigenvalue weighted by Crippen LogP contribution is 2.35. The van der Waals surface area contributed by atoms with Gasteiger partial charge in [-0.2, -0.15) is 0 Å². The van der Waals surface area contributed by atoms with Gasteiger partial charge < -0.3 is 129 Å². The van der Waals surface area contributed by atoms with Crippen LogP contribution in [0.3, 0.4) is 0 Å². The van der Waals surface area contributed by atoms with Gasteiger partial charge in [-0.3, -0.25) is 0 Å². The fourth-order valence-corrected chi connectivity index (χ4v) is 7.03. The van der Waals surface area contributed by atoms with Crippen LogP contribution in [0.4, 0.5) is 0 Å². The van der Waals surface area contributed by atoms with Gasteiger partial charge in [0.1, 0.15) is 122 Å². The molecule has 0 aromatic carbocycles. The highest BCUT2D eigenvalue weighted by Gasteiger charge is 2.56. The lowest BCUT2D eigenvalue weighted by Crippen LogP contribution is -2.68. The van der Waals surface area contributed by atoms with Crippen molar-refractivity contribution in [2.75, 3.05) is 33.0 Å². The molecule has 0 saturated carbocycles. The molecule has 17 N–H and O–H groups in total. The Kier molecular flexibility index (Phi) is 16.1. The Balaban J connectivity index is 1.22. The molecule has 1 unspecified atom stereocenters. The van der Waals surface area contributed by atoms with Crippen LogP contribution in [-0.2, 0) is 42.6 Å². The van der Waals surface area contributed by atoms with Crippen molar-refractivity contribution in [2.24, 2.45) is 0 Å². The highest BCUT2D eigenvalue weighted by atomic mass is 16.8. The van der Waals surface area contributed by atoms with Gasteiger partial charge in [0, 0.05) is 0 Å². The van der Waals surface area contributed by atoms with E-state index >= 15 is 0 Å². The van der Waals surface area contributed by atoms with E-state index in [2.05, 4.69) is 0 Å². The largest absolute Gasteiger partial charge is 0.394 e. The average molecular weight is 829 g/mol. The molecule has 5 rings (SSSR count). The molecule has 328 valence electrons. The molecule has 0 spiro atoms. The first-order chi connectivity index (χ1) is 26.5. The minimum absolute atomic E-state index is 0.811. The summed E-state index contributed by atoms with van der Waals surface area (Å²) in [5, 5.41) is 176. The number of rotatable bonds is 13. The molecule has 5 saturated heterocycles. The van der Waals surface area contributed by atoms with Gasteiger partial charge in [-0.25, -0.2) is 0 Å². The number of hydrogen-bond acceptors (Lipinski definition) is 26. The molecule has 56 heavy (non-hydrogen) atoms. The lowest BCUT2D eigenvalue weighted by Gasteiger charge is -2.49. The van der Waals surface area contributed by atoms with Gasteiger partial charge >= 0.3 is 0 Å². The Morgan fingerprint density at radius 3 is 0.821 bits per heavy atom. The van der Waals surface area contributed by atoms with Crippen LogP contribution in [0.2, 0.25) is 0 Å². The second-order valence-corrected chi connectivity index (χ2v) is 13.9. The number of ether oxygens (including phenoxy) is 9. The SMILES string of the molecule is OC[C@H]1O[C@@H](O[C@H]2[C@H](O)[C@@H](O)[C@H](O[C@H]3[C@H](O)[C@@H](O)[C@@H](O[C@H]4[C@H](O)[C@@H](O)[C@@H](O[C@H]5[C@H](O)[C@@H](O)C(O)O[C@@H]5CO)O[C@@H]4CO)O[C@@H]3CO)O[C@@H]2CO)[C@H](O)[C@@H](O)[C@@H]1O. The standard InChI is InChI=1S/C30H52O26/c31-1-6-11(36)12(37)18(43)27(49-6)54-23-8(3-33)51-29(20(45)14(23)39)56-25-10(5-35)52-30(21(46)16(25)41)55-24-9(4-34)50-28(19(44)15(24)40)53-22-7(2-32)48-26(47)17(42)13(22)38/h6-47H,1-5H2/t6-,7-,8-,9-,10-,11-,12+,13-,14-,15-,16-,17-,18-,19-,20-,21-,22-,23-,24-,25-,26?,27+,28-,29+,30-/m1/s1. The van der Waals surface area contributed by atoms with Crippen LogP contribution >= 0.6 is 0 Å². The molecule has 5 aliphatic heterocycles. The highest BCUT2D eigenvalue weighted by molar-refractivity contribution is 4.99. The van der Waals surface area contributed by atoms with Gasteiger partial charge in [-0.1, -0.05) is 0 Å². The Morgan fingerprint density at radius 2 is 0.518 bits per heavy atom. The second-order valence-electron chi connectivity index (χ2n) is 13.9. The molecule has 5 aliphatic rings. The van der Waals surface area contributed by atoms with E-state index in [4.69, 9.17) is 42.6 Å². The zero-order chi connectivity index (χ0) is 41.3. The molecular formula is C30H52O26. The lowest BCUT2D eigenvalue weighted by atomic mass is 9.95. The molecule has 0 aliphatic carbocycles. The Bertz CT molecular complexity index is 1200. The van der Waals surface area contributed by atoms with Crippen LogP contribution in [0.25, 0.3) is 0 Å². The number of hydrogen-bond donors (Lipinski definition) is 17. The van der Waals surface area contributed by atoms with Crippen molar-refractivity contribution in [2.45, 2.75) is 154 Å². The summed E-state index contributed by atoms with van der Waals surface area (Å²) in [7, 11) is 0. The number of aliphatic hydroxyl groups excluding tert-OH is 17. The summed E-state index contributed by atoms with van der Waals surface area (Å²) in [6, 6.07) is 0. The summed E-state index contributed by atoms with van der Waals surface area (Å²) < 4.78 is 49.1. The van der Waals surface area contributed by atoms with Gasteiger partial charge in [0.25, 0.3) is 0 Å². The molecule has 0 bridgehead atoms. The molecule has 0 amide bonds. The molecule has 0 aromatic rings. The van der Waals surface area contributed by atoms with E-state index in [1.54, 1.807) is 0 Å². The van der Waals surface area contributed by atoms with Gasteiger partial charge in [0.2, 0.25) is 0 Å². The maximum absolute atomic E-state index is 11.1. The van der Waals surface area contributed by atoms with E-state index in [9.17, 15) is 86.8 Å². The summed E-state index contributed by atoms with van der Waals surface area (Å²) in [6.07, 6.45) is -45.8. The first-order valence-electron chi connectivity index (χ1n) is 17.6. The quantitative estimate of drug-likeness (QED) is 0.0819. The van der Waals surface area contributed by atoms with Gasteiger partial charge in [0.05, 0.1) is 33.0 Å². The normalized spacial score (nSPS) is 53.2. The maximum atomic E-state index is 11.1. The monoisotopic (exact) mass is 828 g/mol. The van der Waals surface area contributed by atoms with Crippen molar-refractivity contribution in [3.63, 3.8) is 0 Å². The molecule has 26 heteroatoms. The first kappa shape index (κ1) is 46.0. The third-order valence-electron chi connectivity index (χ3n) is 10.3. The predicted molar refractivity (Wildman–Crippen MR) is 167 cm³/mol. The fourth-order valence-electron chi connectivity index (χ4n) is 7.03. The lowest BCUT2D eigenvalue weighted by molar-refractivity contribution is -0.392. The van der Waals surface area contributed by atoms with Crippen molar-refractivity contribution >= 4 is 0 Å². The molecule has 5 fully saturated rings. The molecule has 0 radical (unpaired) electrons. The number of aliphatic hydroxyl groups is 17. The summed E-state index contributed by atoms with van der Waals surface area (Å²) >= 11 is 0. The molecule has 26 nitrogen and oxygen atoms in total. The van der Waals surface area contributed by atoms with Gasteiger partial charge in [-0.05, 0) is 0 Å². The van der Waals surface area contributed by atoms with Crippen LogP contribution < -0.4 is 0 Å². The minimum Gasteiger partial charge on any atom is -0.394 e. The van der Waals surface area contributed by atoms with Crippen molar-refractivity contribution in [3.8, 4) is 0 Å². The first-order valence-corrected chi connectivity index (χ1v) is 17.6. The van der Waals surface area contributed by atoms with Crippen molar-refractivity contribution in [3.05, 3.63) is 0 Å². The van der Waals surface area contributed by atoms with E-state index in [1.807, 2.05) is 0 Å². The van der Waals surface area contributed by atoms with Crippen molar-refractivity contribution in [1.82, 2.24) is 0 Å². The topological polar surface area (TPSA) is 427 Å². The van der Waals surface area contributed by atoms with Crippen LogP contribution in [0.1, 0.15) is 0 Å². The van der Waals surface area contributed by atoms with E-state index < -0.39 is 187 Å². The van der Waals surface area contributed by atoms with Crippen LogP contribution in [0.5, 0.6) is 0 Å². The van der Waals surface area contributed by atoms with Crippen LogP contribution in [0, 0.1) is 0 Å². The van der Waals surface area contributed by atoms with Crippen LogP contribution in [-0.4, -0.2) is 273 Å². The summed E-state index contributed by atoms with van der Waals surface area (Å²) in [5.41, 5.74) is 0. The predicted octanol–water partition coefficient (Wildman–Crippen LogP) is -11.9. The van der Waals surface area contributed by atoms with Crippen LogP contribution in [0.15, 0.2) is 0 Å². The summed E-state index contributed by atoms with van der Waals surface area (Å²) in [5.74, 6) is 0.